The van der Waals surface area contributed by atoms with Gasteiger partial charge in [-0.2, -0.15) is 5.10 Å². The first kappa shape index (κ1) is 21.9. The van der Waals surface area contributed by atoms with Gasteiger partial charge in [-0.3, -0.25) is 4.79 Å². The van der Waals surface area contributed by atoms with Crippen molar-refractivity contribution in [3.63, 3.8) is 0 Å². The number of halogens is 1. The van der Waals surface area contributed by atoms with E-state index in [4.69, 9.17) is 4.74 Å². The summed E-state index contributed by atoms with van der Waals surface area (Å²) in [5, 5.41) is 8.71. The van der Waals surface area contributed by atoms with E-state index < -0.39 is 0 Å². The maximum atomic E-state index is 12.9. The largest absolute Gasteiger partial charge is 0.488 e. The summed E-state index contributed by atoms with van der Waals surface area (Å²) in [6, 6.07) is 33.6. The molecule has 0 bridgehead atoms. The molecule has 0 unspecified atom stereocenters. The second kappa shape index (κ2) is 9.89. The minimum absolute atomic E-state index is 0.328. The van der Waals surface area contributed by atoms with Crippen molar-refractivity contribution in [1.82, 2.24) is 5.43 Å². The van der Waals surface area contributed by atoms with E-state index in [1.807, 2.05) is 60.7 Å². The zero-order valence-electron chi connectivity index (χ0n) is 18.2. The lowest BCUT2D eigenvalue weighted by atomic mass is 9.97. The third kappa shape index (κ3) is 4.70. The summed E-state index contributed by atoms with van der Waals surface area (Å²) in [6.45, 7) is 0.356. The third-order valence-corrected chi connectivity index (χ3v) is 6.08. The highest BCUT2D eigenvalue weighted by atomic mass is 79.9. The molecule has 0 aliphatic carbocycles. The Morgan fingerprint density at radius 3 is 2.24 bits per heavy atom. The van der Waals surface area contributed by atoms with E-state index in [-0.39, 0.29) is 5.91 Å². The number of carbonyl (C=O) groups is 1. The van der Waals surface area contributed by atoms with Crippen LogP contribution in [0.25, 0.3) is 21.5 Å². The minimum atomic E-state index is -0.328. The van der Waals surface area contributed by atoms with Crippen LogP contribution < -0.4 is 10.2 Å². The Hall–Kier alpha value is -3.96. The third-order valence-electron chi connectivity index (χ3n) is 5.59. The maximum Gasteiger partial charge on any atom is 0.275 e. The van der Waals surface area contributed by atoms with Gasteiger partial charge < -0.3 is 4.74 Å². The first-order valence-electron chi connectivity index (χ1n) is 10.9. The van der Waals surface area contributed by atoms with Crippen LogP contribution in [0.2, 0.25) is 0 Å². The first-order valence-corrected chi connectivity index (χ1v) is 11.7. The van der Waals surface area contributed by atoms with E-state index in [9.17, 15) is 4.79 Å². The van der Waals surface area contributed by atoms with Gasteiger partial charge in [0.25, 0.3) is 5.91 Å². The standard InChI is InChI=1S/C29H21BrN2O2/c30-23-11-7-8-20(16-23)19-34-28-15-6-5-14-26(28)29(33)32-31-18-27-24-12-3-1-9-21(24)17-22-10-2-4-13-25(22)27/h1-18H,19H2,(H,32,33)/b31-18-. The quantitative estimate of drug-likeness (QED) is 0.151. The molecular formula is C29H21BrN2O2. The van der Waals surface area contributed by atoms with Crippen LogP contribution in [0.15, 0.2) is 113 Å². The SMILES string of the molecule is O=C(N/N=C\c1c2ccccc2cc2ccccc12)c1ccccc1OCc1cccc(Br)c1. The van der Waals surface area contributed by atoms with Crippen molar-refractivity contribution < 1.29 is 9.53 Å². The molecule has 5 rings (SSSR count). The van der Waals surface area contributed by atoms with E-state index in [0.717, 1.165) is 37.1 Å². The Morgan fingerprint density at radius 1 is 0.824 bits per heavy atom. The molecule has 0 heterocycles. The average molecular weight is 509 g/mol. The summed E-state index contributed by atoms with van der Waals surface area (Å²) in [5.41, 5.74) is 5.07. The van der Waals surface area contributed by atoms with Crippen molar-refractivity contribution in [2.24, 2.45) is 5.10 Å². The highest BCUT2D eigenvalue weighted by Crippen LogP contribution is 2.27. The molecule has 0 saturated heterocycles. The number of fused-ring (bicyclic) bond motifs is 2. The highest BCUT2D eigenvalue weighted by molar-refractivity contribution is 9.10. The predicted molar refractivity (Wildman–Crippen MR) is 141 cm³/mol. The Bertz CT molecular complexity index is 1470. The summed E-state index contributed by atoms with van der Waals surface area (Å²) >= 11 is 3.47. The van der Waals surface area contributed by atoms with Gasteiger partial charge in [0.2, 0.25) is 0 Å². The monoisotopic (exact) mass is 508 g/mol. The van der Waals surface area contributed by atoms with Crippen molar-refractivity contribution >= 4 is 49.6 Å². The zero-order chi connectivity index (χ0) is 23.3. The number of hydrazone groups is 1. The lowest BCUT2D eigenvalue weighted by Crippen LogP contribution is -2.18. The number of amides is 1. The Labute approximate surface area is 206 Å². The van der Waals surface area contributed by atoms with Crippen LogP contribution in [0.1, 0.15) is 21.5 Å². The number of nitrogens with zero attached hydrogens (tertiary/aromatic N) is 1. The molecule has 0 atom stereocenters. The predicted octanol–water partition coefficient (Wildman–Crippen LogP) is 7.10. The molecule has 34 heavy (non-hydrogen) atoms. The normalized spacial score (nSPS) is 11.2. The number of ether oxygens (including phenoxy) is 1. The molecule has 1 N–H and O–H groups in total. The van der Waals surface area contributed by atoms with Crippen LogP contribution in [-0.2, 0) is 6.61 Å². The van der Waals surface area contributed by atoms with E-state index in [1.54, 1.807) is 18.3 Å². The number of carbonyl (C=O) groups excluding carboxylic acids is 1. The summed E-state index contributed by atoms with van der Waals surface area (Å²) in [7, 11) is 0. The van der Waals surface area contributed by atoms with E-state index >= 15 is 0 Å². The molecule has 1 amide bonds. The second-order valence-corrected chi connectivity index (χ2v) is 8.76. The molecule has 0 spiro atoms. The van der Waals surface area contributed by atoms with Gasteiger partial charge in [0, 0.05) is 10.0 Å². The van der Waals surface area contributed by atoms with E-state index in [0.29, 0.717) is 17.9 Å². The topological polar surface area (TPSA) is 50.7 Å². The lowest BCUT2D eigenvalue weighted by molar-refractivity contribution is 0.0950. The van der Waals surface area contributed by atoms with Crippen LogP contribution in [0, 0.1) is 0 Å². The smallest absolute Gasteiger partial charge is 0.275 e. The summed E-state index contributed by atoms with van der Waals surface area (Å²) in [4.78, 5) is 12.9. The zero-order valence-corrected chi connectivity index (χ0v) is 19.8. The molecule has 0 aliphatic rings. The molecule has 5 aromatic rings. The Morgan fingerprint density at radius 2 is 1.50 bits per heavy atom. The first-order chi connectivity index (χ1) is 16.7. The van der Waals surface area contributed by atoms with Crippen molar-refractivity contribution in [3.8, 4) is 5.75 Å². The van der Waals surface area contributed by atoms with Gasteiger partial charge in [-0.25, -0.2) is 5.43 Å². The molecule has 0 fully saturated rings. The van der Waals surface area contributed by atoms with Crippen LogP contribution in [0.4, 0.5) is 0 Å². The number of hydrogen-bond donors (Lipinski definition) is 1. The molecular weight excluding hydrogens is 488 g/mol. The average Bonchev–Trinajstić information content (AvgIpc) is 2.87. The van der Waals surface area contributed by atoms with Crippen LogP contribution in [-0.4, -0.2) is 12.1 Å². The van der Waals surface area contributed by atoms with Gasteiger partial charge >= 0.3 is 0 Å². The number of benzene rings is 5. The van der Waals surface area contributed by atoms with Gasteiger partial charge in [-0.15, -0.1) is 0 Å². The van der Waals surface area contributed by atoms with Crippen molar-refractivity contribution in [3.05, 3.63) is 124 Å². The van der Waals surface area contributed by atoms with Crippen LogP contribution in [0.5, 0.6) is 5.75 Å². The number of para-hydroxylation sites is 1. The Balaban J connectivity index is 1.38. The van der Waals surface area contributed by atoms with Crippen molar-refractivity contribution in [1.29, 1.82) is 0 Å². The minimum Gasteiger partial charge on any atom is -0.488 e. The molecule has 4 nitrogen and oxygen atoms in total. The van der Waals surface area contributed by atoms with Crippen LogP contribution >= 0.6 is 15.9 Å². The fourth-order valence-corrected chi connectivity index (χ4v) is 4.42. The fourth-order valence-electron chi connectivity index (χ4n) is 3.97. The molecule has 0 saturated carbocycles. The molecule has 0 radical (unpaired) electrons. The number of nitrogens with one attached hydrogen (secondary N) is 1. The van der Waals surface area contributed by atoms with Crippen molar-refractivity contribution in [2.75, 3.05) is 0 Å². The number of hydrogen-bond acceptors (Lipinski definition) is 3. The summed E-state index contributed by atoms with van der Waals surface area (Å²) in [5.74, 6) is 0.177. The Kier molecular flexibility index (Phi) is 6.36. The van der Waals surface area contributed by atoms with Gasteiger partial charge in [-0.1, -0.05) is 88.7 Å². The maximum absolute atomic E-state index is 12.9. The lowest BCUT2D eigenvalue weighted by Gasteiger charge is -2.11. The number of rotatable bonds is 6. The summed E-state index contributed by atoms with van der Waals surface area (Å²) < 4.78 is 6.93. The van der Waals surface area contributed by atoms with Gasteiger partial charge in [0.15, 0.2) is 0 Å². The highest BCUT2D eigenvalue weighted by Gasteiger charge is 2.12. The molecule has 0 aromatic heterocycles. The fraction of sp³-hybridized carbons (Fsp3) is 0.0345. The summed E-state index contributed by atoms with van der Waals surface area (Å²) in [6.07, 6.45) is 1.72. The van der Waals surface area contributed by atoms with Gasteiger partial charge in [0.1, 0.15) is 12.4 Å². The molecule has 5 heteroatoms. The van der Waals surface area contributed by atoms with Crippen molar-refractivity contribution in [2.45, 2.75) is 6.61 Å². The molecule has 0 aliphatic heterocycles. The molecule has 166 valence electrons. The van der Waals surface area contributed by atoms with E-state index in [1.165, 1.54) is 0 Å². The van der Waals surface area contributed by atoms with Gasteiger partial charge in [0.05, 0.1) is 11.8 Å². The van der Waals surface area contributed by atoms with Crippen LogP contribution in [0.3, 0.4) is 0 Å². The van der Waals surface area contributed by atoms with Gasteiger partial charge in [-0.05, 0) is 57.4 Å². The van der Waals surface area contributed by atoms with E-state index in [2.05, 4.69) is 56.8 Å². The molecule has 5 aromatic carbocycles. The second-order valence-electron chi connectivity index (χ2n) is 7.85.